The number of fused-ring (bicyclic) bond motifs is 4. The lowest BCUT2D eigenvalue weighted by atomic mass is 9.84. The molecule has 0 fully saturated rings. The van der Waals surface area contributed by atoms with Crippen LogP contribution in [-0.2, 0) is 11.2 Å². The highest BCUT2D eigenvalue weighted by Gasteiger charge is 2.24. The number of nitrogens with one attached hydrogen (secondary N) is 2. The number of halogens is 1. The number of aliphatic hydroxyl groups is 1. The molecule has 0 atom stereocenters. The number of hydrogen-bond donors (Lipinski definition) is 4. The van der Waals surface area contributed by atoms with Crippen LogP contribution in [0.15, 0.2) is 29.2 Å². The van der Waals surface area contributed by atoms with Gasteiger partial charge in [-0.3, -0.25) is 14.6 Å². The number of aryl methyl sites for hydroxylation is 2. The zero-order valence-electron chi connectivity index (χ0n) is 22.4. The maximum Gasteiger partial charge on any atom is 0.307 e. The van der Waals surface area contributed by atoms with Gasteiger partial charge in [-0.15, -0.1) is 0 Å². The van der Waals surface area contributed by atoms with E-state index in [4.69, 9.17) is 9.84 Å². The summed E-state index contributed by atoms with van der Waals surface area (Å²) in [5.41, 5.74) is 5.43. The Bertz CT molecular complexity index is 1630. The molecule has 4 aromatic rings. The Balaban J connectivity index is 0.000000617. The molecule has 0 radical (unpaired) electrons. The molecule has 3 heterocycles. The number of aromatic nitrogens is 2. The van der Waals surface area contributed by atoms with Crippen molar-refractivity contribution in [1.29, 1.82) is 0 Å². The van der Waals surface area contributed by atoms with Crippen molar-refractivity contribution in [1.82, 2.24) is 9.97 Å². The first-order valence-corrected chi connectivity index (χ1v) is 12.4. The number of aliphatic carboxylic acids is 1. The number of carbonyl (C=O) groups is 1. The van der Waals surface area contributed by atoms with Gasteiger partial charge in [0.05, 0.1) is 40.3 Å². The number of ether oxygens (including phenoxy) is 1. The minimum Gasteiger partial charge on any atom is -0.490 e. The number of aromatic amines is 1. The van der Waals surface area contributed by atoms with Gasteiger partial charge in [0, 0.05) is 11.9 Å². The molecule has 2 aromatic heterocycles. The van der Waals surface area contributed by atoms with E-state index in [2.05, 4.69) is 15.3 Å². The number of anilines is 1. The molecule has 2 aromatic carbocycles. The Morgan fingerprint density at radius 2 is 1.84 bits per heavy atom. The quantitative estimate of drug-likeness (QED) is 0.279. The van der Waals surface area contributed by atoms with Gasteiger partial charge in [-0.25, -0.2) is 4.39 Å². The third-order valence-electron chi connectivity index (χ3n) is 6.39. The minimum absolute atomic E-state index is 0.152. The first kappa shape index (κ1) is 27.1. The molecule has 38 heavy (non-hydrogen) atoms. The van der Waals surface area contributed by atoms with E-state index in [0.717, 1.165) is 39.9 Å². The summed E-state index contributed by atoms with van der Waals surface area (Å²) in [4.78, 5) is 31.6. The third-order valence-corrected chi connectivity index (χ3v) is 6.39. The normalized spacial score (nSPS) is 12.8. The van der Waals surface area contributed by atoms with Gasteiger partial charge in [-0.05, 0) is 87.1 Å². The van der Waals surface area contributed by atoms with Crippen molar-refractivity contribution >= 4 is 33.5 Å². The van der Waals surface area contributed by atoms with Crippen molar-refractivity contribution in [2.45, 2.75) is 53.6 Å². The first-order chi connectivity index (χ1) is 17.8. The van der Waals surface area contributed by atoms with E-state index in [1.807, 2.05) is 26.0 Å². The molecule has 0 aliphatic carbocycles. The summed E-state index contributed by atoms with van der Waals surface area (Å²) in [6, 6.07) is 4.98. The van der Waals surface area contributed by atoms with Gasteiger partial charge >= 0.3 is 5.97 Å². The Hall–Kier alpha value is -3.98. The summed E-state index contributed by atoms with van der Waals surface area (Å²) in [5, 5.41) is 22.4. The summed E-state index contributed by atoms with van der Waals surface area (Å²) in [6.45, 7) is 12.1. The van der Waals surface area contributed by atoms with Gasteiger partial charge in [0.1, 0.15) is 18.2 Å². The molecule has 1 aliphatic rings. The maximum atomic E-state index is 13.9. The van der Waals surface area contributed by atoms with E-state index in [0.29, 0.717) is 40.7 Å². The van der Waals surface area contributed by atoms with Crippen LogP contribution >= 0.6 is 0 Å². The highest BCUT2D eigenvalue weighted by molar-refractivity contribution is 6.09. The summed E-state index contributed by atoms with van der Waals surface area (Å²) < 4.78 is 19.6. The van der Waals surface area contributed by atoms with Gasteiger partial charge in [0.2, 0.25) is 0 Å². The summed E-state index contributed by atoms with van der Waals surface area (Å²) in [7, 11) is 0. The number of benzene rings is 2. The number of pyridine rings is 2. The molecule has 8 nitrogen and oxygen atoms in total. The highest BCUT2D eigenvalue weighted by atomic mass is 19.1. The molecule has 0 amide bonds. The molecular formula is C29H32FN3O5. The fourth-order valence-electron chi connectivity index (χ4n) is 4.88. The molecule has 1 aliphatic heterocycles. The van der Waals surface area contributed by atoms with E-state index in [9.17, 15) is 19.1 Å². The number of carboxylic acid groups (broad SMARTS) is 1. The van der Waals surface area contributed by atoms with E-state index >= 15 is 0 Å². The molecular weight excluding hydrogens is 489 g/mol. The largest absolute Gasteiger partial charge is 0.490 e. The van der Waals surface area contributed by atoms with Gasteiger partial charge in [-0.1, -0.05) is 6.07 Å². The van der Waals surface area contributed by atoms with Crippen LogP contribution in [0.1, 0.15) is 43.0 Å². The third kappa shape index (κ3) is 5.19. The smallest absolute Gasteiger partial charge is 0.307 e. The van der Waals surface area contributed by atoms with Crippen molar-refractivity contribution in [3.8, 4) is 16.9 Å². The molecule has 0 saturated carbocycles. The monoisotopic (exact) mass is 521 g/mol. The molecule has 9 heteroatoms. The zero-order chi connectivity index (χ0) is 27.9. The van der Waals surface area contributed by atoms with Crippen LogP contribution in [0.2, 0.25) is 0 Å². The molecule has 0 unspecified atom stereocenters. The zero-order valence-corrected chi connectivity index (χ0v) is 22.4. The standard InChI is InChI=1S/C25H22FN3O4.C4H10O/c1-11-15(4-5-18-22(11)27-6-7-33-18)20-13(3)21-23(12(2)16(20)9-19(30)31)29-25(32)17-8-14(26)10-28-24(17)21;1-4(2,3)5/h4-5,8,10,27H,6-7,9H2,1-3H3,(H,29,32)(H,30,31);5H,1-3H3. The summed E-state index contributed by atoms with van der Waals surface area (Å²) in [6.07, 6.45) is 0.877. The Labute approximate surface area is 219 Å². The van der Waals surface area contributed by atoms with Crippen LogP contribution in [0.25, 0.3) is 32.9 Å². The second kappa shape index (κ2) is 10.1. The van der Waals surface area contributed by atoms with Crippen LogP contribution < -0.4 is 15.6 Å². The fraction of sp³-hybridized carbons (Fsp3) is 0.345. The van der Waals surface area contributed by atoms with Gasteiger partial charge in [0.15, 0.2) is 0 Å². The number of hydrogen-bond acceptors (Lipinski definition) is 6. The minimum atomic E-state index is -0.974. The lowest BCUT2D eigenvalue weighted by Crippen LogP contribution is -2.19. The van der Waals surface area contributed by atoms with Crippen molar-refractivity contribution in [2.24, 2.45) is 0 Å². The number of nitrogens with zero attached hydrogens (tertiary/aromatic N) is 1. The SMILES string of the molecule is CC(C)(C)O.Cc1c(-c2c(CC(=O)O)c(C)c3[nH]c(=O)c4cc(F)cnc4c3c2C)ccc2c1NCCO2. The Kier molecular flexibility index (Phi) is 7.16. The van der Waals surface area contributed by atoms with Crippen molar-refractivity contribution < 1.29 is 24.1 Å². The molecule has 0 saturated heterocycles. The van der Waals surface area contributed by atoms with Gasteiger partial charge < -0.3 is 25.3 Å². The van der Waals surface area contributed by atoms with Crippen molar-refractivity contribution in [3.63, 3.8) is 0 Å². The molecule has 200 valence electrons. The topological polar surface area (TPSA) is 125 Å². The second-order valence-electron chi connectivity index (χ2n) is 10.5. The van der Waals surface area contributed by atoms with Crippen LogP contribution in [-0.4, -0.2) is 44.9 Å². The van der Waals surface area contributed by atoms with Crippen LogP contribution in [0.5, 0.6) is 5.75 Å². The maximum absolute atomic E-state index is 13.9. The number of H-pyrrole nitrogens is 1. The van der Waals surface area contributed by atoms with E-state index < -0.39 is 22.9 Å². The van der Waals surface area contributed by atoms with E-state index in [-0.39, 0.29) is 11.8 Å². The summed E-state index contributed by atoms with van der Waals surface area (Å²) >= 11 is 0. The predicted molar refractivity (Wildman–Crippen MR) is 147 cm³/mol. The first-order valence-electron chi connectivity index (χ1n) is 12.4. The fourth-order valence-corrected chi connectivity index (χ4v) is 4.88. The summed E-state index contributed by atoms with van der Waals surface area (Å²) in [5.74, 6) is -0.816. The average Bonchev–Trinajstić information content (AvgIpc) is 2.82. The van der Waals surface area contributed by atoms with Gasteiger partial charge in [0.25, 0.3) is 5.56 Å². The number of carboxylic acids is 1. The van der Waals surface area contributed by atoms with E-state index in [1.165, 1.54) is 6.07 Å². The molecule has 4 N–H and O–H groups in total. The molecule has 0 bridgehead atoms. The molecule has 5 rings (SSSR count). The lowest BCUT2D eigenvalue weighted by Gasteiger charge is -2.25. The highest BCUT2D eigenvalue weighted by Crippen LogP contribution is 2.43. The lowest BCUT2D eigenvalue weighted by molar-refractivity contribution is -0.136. The van der Waals surface area contributed by atoms with Crippen LogP contribution in [0.4, 0.5) is 10.1 Å². The second-order valence-corrected chi connectivity index (χ2v) is 10.5. The average molecular weight is 522 g/mol. The van der Waals surface area contributed by atoms with E-state index in [1.54, 1.807) is 27.7 Å². The predicted octanol–water partition coefficient (Wildman–Crippen LogP) is 5.02. The van der Waals surface area contributed by atoms with Gasteiger partial charge in [-0.2, -0.15) is 0 Å². The Morgan fingerprint density at radius 1 is 1.16 bits per heavy atom. The molecule has 0 spiro atoms. The Morgan fingerprint density at radius 3 is 2.50 bits per heavy atom. The van der Waals surface area contributed by atoms with Crippen LogP contribution in [0, 0.1) is 26.6 Å². The number of rotatable bonds is 3. The van der Waals surface area contributed by atoms with Crippen molar-refractivity contribution in [2.75, 3.05) is 18.5 Å². The van der Waals surface area contributed by atoms with Crippen molar-refractivity contribution in [3.05, 3.63) is 62.8 Å². The van der Waals surface area contributed by atoms with Crippen LogP contribution in [0.3, 0.4) is 0 Å².